The van der Waals surface area contributed by atoms with Crippen LogP contribution in [-0.2, 0) is 18.4 Å². The van der Waals surface area contributed by atoms with Crippen molar-refractivity contribution < 1.29 is 4.79 Å². The fourth-order valence-corrected chi connectivity index (χ4v) is 0.812. The molecule has 0 aliphatic heterocycles. The normalized spacial score (nSPS) is 12.8. The third kappa shape index (κ3) is 2.51. The zero-order valence-corrected chi connectivity index (χ0v) is 7.69. The summed E-state index contributed by atoms with van der Waals surface area (Å²) in [6.45, 7) is 2.19. The first-order valence-electron chi connectivity index (χ1n) is 3.97. The summed E-state index contributed by atoms with van der Waals surface area (Å²) in [6, 6.07) is -0.350. The average molecular weight is 183 g/mol. The second-order valence-electron chi connectivity index (χ2n) is 2.86. The Hall–Kier alpha value is -1.43. The Labute approximate surface area is 76.1 Å². The molecule has 6 nitrogen and oxygen atoms in total. The molecule has 13 heavy (non-hydrogen) atoms. The van der Waals surface area contributed by atoms with Crippen LogP contribution < -0.4 is 11.1 Å². The number of primary amides is 1. The molecule has 0 aliphatic rings. The molecule has 3 N–H and O–H groups in total. The van der Waals surface area contributed by atoms with Crippen molar-refractivity contribution in [1.82, 2.24) is 20.1 Å². The highest BCUT2D eigenvalue weighted by molar-refractivity contribution is 5.79. The van der Waals surface area contributed by atoms with Gasteiger partial charge in [-0.15, -0.1) is 10.2 Å². The van der Waals surface area contributed by atoms with E-state index in [4.69, 9.17) is 5.73 Å². The van der Waals surface area contributed by atoms with Crippen LogP contribution in [0.15, 0.2) is 6.33 Å². The molecule has 0 saturated heterocycles. The van der Waals surface area contributed by atoms with Crippen LogP contribution in [0, 0.1) is 0 Å². The summed E-state index contributed by atoms with van der Waals surface area (Å²) in [5.74, 6) is 0.398. The van der Waals surface area contributed by atoms with E-state index in [0.717, 1.165) is 5.82 Å². The molecule has 1 amide bonds. The molecule has 72 valence electrons. The van der Waals surface area contributed by atoms with Crippen LogP contribution in [-0.4, -0.2) is 26.7 Å². The number of aryl methyl sites for hydroxylation is 1. The van der Waals surface area contributed by atoms with Crippen molar-refractivity contribution in [3.63, 3.8) is 0 Å². The molecule has 6 heteroatoms. The molecule has 0 saturated carbocycles. The van der Waals surface area contributed by atoms with Gasteiger partial charge >= 0.3 is 0 Å². The van der Waals surface area contributed by atoms with E-state index in [2.05, 4.69) is 15.5 Å². The van der Waals surface area contributed by atoms with E-state index >= 15 is 0 Å². The van der Waals surface area contributed by atoms with Crippen molar-refractivity contribution >= 4 is 5.91 Å². The minimum Gasteiger partial charge on any atom is -0.368 e. The van der Waals surface area contributed by atoms with Gasteiger partial charge in [0.15, 0.2) is 0 Å². The Morgan fingerprint density at radius 3 is 3.00 bits per heavy atom. The van der Waals surface area contributed by atoms with E-state index in [1.165, 1.54) is 0 Å². The molecule has 1 aromatic heterocycles. The Bertz CT molecular complexity index is 295. The van der Waals surface area contributed by atoms with Crippen molar-refractivity contribution in [2.24, 2.45) is 12.8 Å². The number of nitrogens with two attached hydrogens (primary N) is 1. The molecule has 0 spiro atoms. The van der Waals surface area contributed by atoms with E-state index in [-0.39, 0.29) is 11.9 Å². The van der Waals surface area contributed by atoms with Crippen molar-refractivity contribution in [3.05, 3.63) is 12.2 Å². The topological polar surface area (TPSA) is 85.8 Å². The highest BCUT2D eigenvalue weighted by Gasteiger charge is 2.08. The number of hydrogen-bond acceptors (Lipinski definition) is 4. The van der Waals surface area contributed by atoms with Crippen LogP contribution in [0.3, 0.4) is 0 Å². The zero-order valence-electron chi connectivity index (χ0n) is 7.69. The number of amides is 1. The van der Waals surface area contributed by atoms with Crippen LogP contribution >= 0.6 is 0 Å². The molecule has 1 unspecified atom stereocenters. The van der Waals surface area contributed by atoms with Gasteiger partial charge in [-0.2, -0.15) is 0 Å². The lowest BCUT2D eigenvalue weighted by atomic mass is 10.3. The van der Waals surface area contributed by atoms with Crippen LogP contribution in [0.2, 0.25) is 0 Å². The quantitative estimate of drug-likeness (QED) is 0.612. The Balaban J connectivity index is 2.44. The van der Waals surface area contributed by atoms with E-state index in [9.17, 15) is 4.79 Å². The maximum Gasteiger partial charge on any atom is 0.234 e. The number of nitrogens with one attached hydrogen (secondary N) is 1. The van der Waals surface area contributed by atoms with E-state index < -0.39 is 0 Å². The van der Waals surface area contributed by atoms with Gasteiger partial charge < -0.3 is 10.3 Å². The molecule has 1 atom stereocenters. The fourth-order valence-electron chi connectivity index (χ4n) is 0.812. The van der Waals surface area contributed by atoms with Gasteiger partial charge in [-0.3, -0.25) is 10.1 Å². The number of rotatable bonds is 4. The van der Waals surface area contributed by atoms with E-state index in [1.54, 1.807) is 17.8 Å². The molecular weight excluding hydrogens is 170 g/mol. The van der Waals surface area contributed by atoms with Gasteiger partial charge in [0.05, 0.1) is 12.6 Å². The minimum atomic E-state index is -0.373. The molecule has 0 radical (unpaired) electrons. The van der Waals surface area contributed by atoms with Crippen LogP contribution in [0.25, 0.3) is 0 Å². The minimum absolute atomic E-state index is 0.350. The number of hydrogen-bond donors (Lipinski definition) is 2. The summed E-state index contributed by atoms with van der Waals surface area (Å²) in [7, 11) is 1.84. The predicted molar refractivity (Wildman–Crippen MR) is 46.5 cm³/mol. The lowest BCUT2D eigenvalue weighted by molar-refractivity contribution is -0.119. The van der Waals surface area contributed by atoms with Gasteiger partial charge in [-0.05, 0) is 6.92 Å². The fraction of sp³-hybridized carbons (Fsp3) is 0.571. The maximum atomic E-state index is 10.7. The van der Waals surface area contributed by atoms with Crippen molar-refractivity contribution in [1.29, 1.82) is 0 Å². The van der Waals surface area contributed by atoms with Crippen LogP contribution in [0.1, 0.15) is 12.7 Å². The van der Waals surface area contributed by atoms with Gasteiger partial charge in [-0.25, -0.2) is 0 Å². The summed E-state index contributed by atoms with van der Waals surface area (Å²) in [5.41, 5.74) is 5.07. The second kappa shape index (κ2) is 3.99. The molecular formula is C7H13N5O. The highest BCUT2D eigenvalue weighted by atomic mass is 16.1. The molecule has 1 rings (SSSR count). The molecule has 1 heterocycles. The summed E-state index contributed by atoms with van der Waals surface area (Å²) in [5, 5.41) is 10.5. The largest absolute Gasteiger partial charge is 0.368 e. The van der Waals surface area contributed by atoms with Crippen molar-refractivity contribution in [2.75, 3.05) is 0 Å². The third-order valence-electron chi connectivity index (χ3n) is 1.80. The molecule has 0 bridgehead atoms. The maximum absolute atomic E-state index is 10.7. The second-order valence-corrected chi connectivity index (χ2v) is 2.86. The van der Waals surface area contributed by atoms with Gasteiger partial charge in [0.1, 0.15) is 12.2 Å². The lowest BCUT2D eigenvalue weighted by Gasteiger charge is -2.08. The first-order chi connectivity index (χ1) is 6.11. The Morgan fingerprint density at radius 1 is 1.85 bits per heavy atom. The first kappa shape index (κ1) is 9.66. The van der Waals surface area contributed by atoms with Crippen molar-refractivity contribution in [2.45, 2.75) is 19.5 Å². The summed E-state index contributed by atoms with van der Waals surface area (Å²) in [4.78, 5) is 10.7. The Kier molecular flexibility index (Phi) is 2.97. The van der Waals surface area contributed by atoms with Gasteiger partial charge in [-0.1, -0.05) is 0 Å². The van der Waals surface area contributed by atoms with Gasteiger partial charge in [0, 0.05) is 7.05 Å². The lowest BCUT2D eigenvalue weighted by Crippen LogP contribution is -2.38. The third-order valence-corrected chi connectivity index (χ3v) is 1.80. The van der Waals surface area contributed by atoms with E-state index in [1.807, 2.05) is 7.05 Å². The summed E-state index contributed by atoms with van der Waals surface area (Å²) >= 11 is 0. The number of carbonyl (C=O) groups is 1. The van der Waals surface area contributed by atoms with Crippen LogP contribution in [0.5, 0.6) is 0 Å². The van der Waals surface area contributed by atoms with Gasteiger partial charge in [0.25, 0.3) is 0 Å². The van der Waals surface area contributed by atoms with E-state index in [0.29, 0.717) is 6.54 Å². The summed E-state index contributed by atoms with van der Waals surface area (Å²) < 4.78 is 1.78. The smallest absolute Gasteiger partial charge is 0.234 e. The summed E-state index contributed by atoms with van der Waals surface area (Å²) in [6.07, 6.45) is 1.60. The molecule has 0 aromatic carbocycles. The number of carbonyl (C=O) groups excluding carboxylic acids is 1. The SMILES string of the molecule is CC(NCc1nncn1C)C(N)=O. The van der Waals surface area contributed by atoms with Crippen molar-refractivity contribution in [3.8, 4) is 0 Å². The average Bonchev–Trinajstić information content (AvgIpc) is 2.47. The predicted octanol–water partition coefficient (Wildman–Crippen LogP) is -1.22. The number of aromatic nitrogens is 3. The molecule has 1 aromatic rings. The highest BCUT2D eigenvalue weighted by Crippen LogP contribution is 1.91. The standard InChI is InChI=1S/C7H13N5O/c1-5(7(8)13)9-3-6-11-10-4-12(6)2/h4-5,9H,3H2,1-2H3,(H2,8,13). The number of nitrogens with zero attached hydrogens (tertiary/aromatic N) is 3. The van der Waals surface area contributed by atoms with Gasteiger partial charge in [0.2, 0.25) is 5.91 Å². The monoisotopic (exact) mass is 183 g/mol. The molecule has 0 aliphatic carbocycles. The molecule has 0 fully saturated rings. The zero-order chi connectivity index (χ0) is 9.84. The first-order valence-corrected chi connectivity index (χ1v) is 3.97. The van der Waals surface area contributed by atoms with Crippen LogP contribution in [0.4, 0.5) is 0 Å². The Morgan fingerprint density at radius 2 is 2.54 bits per heavy atom.